The summed E-state index contributed by atoms with van der Waals surface area (Å²) in [6, 6.07) is 18.0. The number of carbonyl (C=O) groups is 1. The van der Waals surface area contributed by atoms with Crippen molar-refractivity contribution in [3.63, 3.8) is 0 Å². The number of carbonyl (C=O) groups excluding carboxylic acids is 1. The maximum atomic E-state index is 13.1. The minimum atomic E-state index is -0.184. The van der Waals surface area contributed by atoms with E-state index in [9.17, 15) is 9.59 Å². The van der Waals surface area contributed by atoms with Crippen molar-refractivity contribution in [1.29, 1.82) is 0 Å². The molecule has 31 heavy (non-hydrogen) atoms. The Hall–Kier alpha value is -3.47. The van der Waals surface area contributed by atoms with E-state index in [1.54, 1.807) is 6.20 Å². The molecule has 1 saturated carbocycles. The van der Waals surface area contributed by atoms with E-state index < -0.39 is 0 Å². The van der Waals surface area contributed by atoms with Crippen LogP contribution < -0.4 is 5.56 Å². The predicted molar refractivity (Wildman–Crippen MR) is 122 cm³/mol. The molecule has 1 saturated heterocycles. The normalized spacial score (nSPS) is 20.5. The van der Waals surface area contributed by atoms with Crippen molar-refractivity contribution in [1.82, 2.24) is 15.1 Å². The van der Waals surface area contributed by atoms with E-state index in [1.165, 1.54) is 19.3 Å². The maximum absolute atomic E-state index is 13.1. The first kappa shape index (κ1) is 18.3. The summed E-state index contributed by atoms with van der Waals surface area (Å²) in [4.78, 5) is 27.1. The molecule has 1 aromatic heterocycles. The number of rotatable bonds is 2. The highest BCUT2D eigenvalue weighted by molar-refractivity contribution is 6.03. The van der Waals surface area contributed by atoms with Gasteiger partial charge >= 0.3 is 0 Å². The van der Waals surface area contributed by atoms with Gasteiger partial charge in [-0.1, -0.05) is 36.8 Å². The van der Waals surface area contributed by atoms with Crippen LogP contribution in [0.5, 0.6) is 0 Å². The maximum Gasteiger partial charge on any atom is 0.272 e. The summed E-state index contributed by atoms with van der Waals surface area (Å²) in [5.41, 5.74) is 2.68. The Balaban J connectivity index is 1.37. The van der Waals surface area contributed by atoms with Crippen LogP contribution in [0.15, 0.2) is 65.6 Å². The number of aromatic nitrogens is 2. The fraction of sp³-hybridized carbons (Fsp3) is 0.269. The van der Waals surface area contributed by atoms with Gasteiger partial charge < -0.3 is 4.90 Å². The van der Waals surface area contributed by atoms with E-state index in [4.69, 9.17) is 0 Å². The molecule has 1 aliphatic heterocycles. The van der Waals surface area contributed by atoms with Gasteiger partial charge in [0.15, 0.2) is 0 Å². The Labute approximate surface area is 179 Å². The zero-order chi connectivity index (χ0) is 20.9. The van der Waals surface area contributed by atoms with E-state index in [0.29, 0.717) is 17.2 Å². The smallest absolute Gasteiger partial charge is 0.272 e. The molecule has 4 aromatic rings. The Kier molecular flexibility index (Phi) is 4.16. The van der Waals surface area contributed by atoms with Crippen LogP contribution >= 0.6 is 0 Å². The predicted octanol–water partition coefficient (Wildman–Crippen LogP) is 4.62. The van der Waals surface area contributed by atoms with Crippen LogP contribution in [-0.4, -0.2) is 34.1 Å². The molecule has 2 heterocycles. The van der Waals surface area contributed by atoms with Gasteiger partial charge in [-0.2, -0.15) is 5.10 Å². The summed E-state index contributed by atoms with van der Waals surface area (Å²) in [6.07, 6.45) is 5.52. The number of nitrogens with one attached hydrogen (secondary N) is 1. The van der Waals surface area contributed by atoms with Crippen molar-refractivity contribution < 1.29 is 4.79 Å². The molecule has 0 radical (unpaired) electrons. The standard InChI is InChI=1S/C26H23N3O2/c30-25-24-10-7-17(12-21(24)13-27-28-25)22-6-2-3-16-11-18(8-9-23(16)22)26(31)29-14-19-4-1-5-20(19)15-29/h2-3,6-13,19-20H,1,4-5,14-15H2,(H,28,30)/t19-,20+. The van der Waals surface area contributed by atoms with Crippen LogP contribution in [0.3, 0.4) is 0 Å². The number of H-pyrrole nitrogens is 1. The molecule has 0 unspecified atom stereocenters. The zero-order valence-corrected chi connectivity index (χ0v) is 17.2. The van der Waals surface area contributed by atoms with Crippen molar-refractivity contribution in [2.24, 2.45) is 11.8 Å². The average Bonchev–Trinajstić information content (AvgIpc) is 3.40. The number of aromatic amines is 1. The van der Waals surface area contributed by atoms with Gasteiger partial charge in [-0.25, -0.2) is 5.10 Å². The fourth-order valence-corrected chi connectivity index (χ4v) is 5.52. The molecule has 5 heteroatoms. The summed E-state index contributed by atoms with van der Waals surface area (Å²) in [5.74, 6) is 1.55. The summed E-state index contributed by atoms with van der Waals surface area (Å²) >= 11 is 0. The highest BCUT2D eigenvalue weighted by Gasteiger charge is 2.38. The Morgan fingerprint density at radius 3 is 2.58 bits per heavy atom. The summed E-state index contributed by atoms with van der Waals surface area (Å²) < 4.78 is 0. The lowest BCUT2D eigenvalue weighted by Crippen LogP contribution is -2.29. The topological polar surface area (TPSA) is 66.1 Å². The number of fused-ring (bicyclic) bond motifs is 3. The second-order valence-corrected chi connectivity index (χ2v) is 8.90. The van der Waals surface area contributed by atoms with Crippen molar-refractivity contribution in [3.05, 3.63) is 76.7 Å². The van der Waals surface area contributed by atoms with E-state index >= 15 is 0 Å². The van der Waals surface area contributed by atoms with Gasteiger partial charge in [0.25, 0.3) is 11.5 Å². The molecule has 2 aliphatic rings. The average molecular weight is 409 g/mol. The van der Waals surface area contributed by atoms with Crippen LogP contribution in [-0.2, 0) is 0 Å². The van der Waals surface area contributed by atoms with Crippen LogP contribution in [0.4, 0.5) is 0 Å². The quantitative estimate of drug-likeness (QED) is 0.526. The van der Waals surface area contributed by atoms with Crippen LogP contribution in [0, 0.1) is 11.8 Å². The van der Waals surface area contributed by atoms with E-state index in [-0.39, 0.29) is 11.5 Å². The molecule has 6 rings (SSSR count). The van der Waals surface area contributed by atoms with Crippen molar-refractivity contribution >= 4 is 27.5 Å². The molecule has 5 nitrogen and oxygen atoms in total. The van der Waals surface area contributed by atoms with Crippen LogP contribution in [0.2, 0.25) is 0 Å². The van der Waals surface area contributed by atoms with Gasteiger partial charge in [-0.05, 0) is 70.8 Å². The first-order valence-corrected chi connectivity index (χ1v) is 11.0. The second kappa shape index (κ2) is 7.05. The molecule has 154 valence electrons. The highest BCUT2D eigenvalue weighted by Crippen LogP contribution is 2.38. The SMILES string of the molecule is O=C(c1ccc2c(-c3ccc4c(=O)[nH]ncc4c3)cccc2c1)N1C[C@H]2CCC[C@H]2C1. The van der Waals surface area contributed by atoms with Gasteiger partial charge in [-0.3, -0.25) is 9.59 Å². The summed E-state index contributed by atoms with van der Waals surface area (Å²) in [7, 11) is 0. The molecular weight excluding hydrogens is 386 g/mol. The number of benzene rings is 3. The van der Waals surface area contributed by atoms with E-state index in [1.807, 2.05) is 41.3 Å². The molecule has 1 amide bonds. The lowest BCUT2D eigenvalue weighted by atomic mass is 9.95. The summed E-state index contributed by atoms with van der Waals surface area (Å²) in [5, 5.41) is 9.97. The van der Waals surface area contributed by atoms with Crippen molar-refractivity contribution in [2.45, 2.75) is 19.3 Å². The lowest BCUT2D eigenvalue weighted by molar-refractivity contribution is 0.0781. The van der Waals surface area contributed by atoms with E-state index in [2.05, 4.69) is 28.4 Å². The lowest BCUT2D eigenvalue weighted by Gasteiger charge is -2.18. The van der Waals surface area contributed by atoms with Gasteiger partial charge in [-0.15, -0.1) is 0 Å². The monoisotopic (exact) mass is 409 g/mol. The Morgan fingerprint density at radius 2 is 1.74 bits per heavy atom. The van der Waals surface area contributed by atoms with Crippen molar-refractivity contribution in [3.8, 4) is 11.1 Å². The molecule has 1 aliphatic carbocycles. The number of likely N-dealkylation sites (tertiary alicyclic amines) is 1. The third-order valence-electron chi connectivity index (χ3n) is 7.12. The number of hydrogen-bond donors (Lipinski definition) is 1. The minimum absolute atomic E-state index is 0.151. The third kappa shape index (κ3) is 3.03. The molecule has 1 N–H and O–H groups in total. The van der Waals surface area contributed by atoms with E-state index in [0.717, 1.165) is 45.9 Å². The summed E-state index contributed by atoms with van der Waals surface area (Å²) in [6.45, 7) is 1.82. The molecular formula is C26H23N3O2. The Bertz CT molecular complexity index is 1380. The second-order valence-electron chi connectivity index (χ2n) is 8.90. The molecule has 0 spiro atoms. The molecule has 2 atom stereocenters. The highest BCUT2D eigenvalue weighted by atomic mass is 16.2. The number of amides is 1. The Morgan fingerprint density at radius 1 is 0.935 bits per heavy atom. The number of nitrogens with zero attached hydrogens (tertiary/aromatic N) is 2. The fourth-order valence-electron chi connectivity index (χ4n) is 5.52. The van der Waals surface area contributed by atoms with Gasteiger partial charge in [0.2, 0.25) is 0 Å². The van der Waals surface area contributed by atoms with Crippen LogP contribution in [0.25, 0.3) is 32.7 Å². The minimum Gasteiger partial charge on any atom is -0.338 e. The molecule has 2 fully saturated rings. The van der Waals surface area contributed by atoms with Gasteiger partial charge in [0.05, 0.1) is 11.6 Å². The number of hydrogen-bond acceptors (Lipinski definition) is 3. The van der Waals surface area contributed by atoms with Crippen molar-refractivity contribution in [2.75, 3.05) is 13.1 Å². The first-order chi connectivity index (χ1) is 15.2. The van der Waals surface area contributed by atoms with Gasteiger partial charge in [0.1, 0.15) is 0 Å². The largest absolute Gasteiger partial charge is 0.338 e. The van der Waals surface area contributed by atoms with Gasteiger partial charge in [0, 0.05) is 24.0 Å². The molecule has 0 bridgehead atoms. The third-order valence-corrected chi connectivity index (χ3v) is 7.12. The van der Waals surface area contributed by atoms with Crippen LogP contribution in [0.1, 0.15) is 29.6 Å². The first-order valence-electron chi connectivity index (χ1n) is 11.0. The molecule has 3 aromatic carbocycles. The zero-order valence-electron chi connectivity index (χ0n) is 17.2.